The minimum atomic E-state index is -0.957. The van der Waals surface area contributed by atoms with Gasteiger partial charge in [-0.3, -0.25) is 0 Å². The van der Waals surface area contributed by atoms with E-state index in [0.29, 0.717) is 5.92 Å². The van der Waals surface area contributed by atoms with Crippen LogP contribution in [-0.4, -0.2) is 17.2 Å². The first-order chi connectivity index (χ1) is 9.97. The molecule has 21 heavy (non-hydrogen) atoms. The van der Waals surface area contributed by atoms with Gasteiger partial charge in [-0.05, 0) is 59.2 Å². The Bertz CT molecular complexity index is 539. The van der Waals surface area contributed by atoms with E-state index in [1.54, 1.807) is 6.08 Å². The first-order valence-corrected chi connectivity index (χ1v) is 8.13. The third-order valence-corrected chi connectivity index (χ3v) is 4.86. The molecule has 0 amide bonds. The predicted molar refractivity (Wildman–Crippen MR) is 87.4 cm³/mol. The molecule has 1 N–H and O–H groups in total. The summed E-state index contributed by atoms with van der Waals surface area (Å²) >= 11 is 3.50. The molecular formula is C17H21BrO3. The normalized spacial score (nSPS) is 26.0. The molecule has 1 fully saturated rings. The quantitative estimate of drug-likeness (QED) is 0.795. The number of hydrogen-bond donors (Lipinski definition) is 1. The van der Waals surface area contributed by atoms with Crippen molar-refractivity contribution in [3.8, 4) is 5.75 Å². The van der Waals surface area contributed by atoms with Gasteiger partial charge >= 0.3 is 5.97 Å². The van der Waals surface area contributed by atoms with Crippen LogP contribution < -0.4 is 4.74 Å². The highest BCUT2D eigenvalue weighted by atomic mass is 79.9. The van der Waals surface area contributed by atoms with Gasteiger partial charge in [-0.25, -0.2) is 4.79 Å². The van der Waals surface area contributed by atoms with Crippen molar-refractivity contribution >= 4 is 28.0 Å². The van der Waals surface area contributed by atoms with Gasteiger partial charge < -0.3 is 9.84 Å². The van der Waals surface area contributed by atoms with E-state index in [9.17, 15) is 4.79 Å². The van der Waals surface area contributed by atoms with E-state index in [0.717, 1.165) is 40.6 Å². The molecule has 4 heteroatoms. The topological polar surface area (TPSA) is 46.5 Å². The SMILES string of the molecule is CC1CCC(Oc2c(Br)cccc2C=CC(=O)O)CC1C. The van der Waals surface area contributed by atoms with Crippen LogP contribution in [0.4, 0.5) is 0 Å². The molecule has 2 rings (SSSR count). The summed E-state index contributed by atoms with van der Waals surface area (Å²) in [6.45, 7) is 4.56. The number of para-hydroxylation sites is 1. The lowest BCUT2D eigenvalue weighted by Crippen LogP contribution is -2.29. The van der Waals surface area contributed by atoms with Crippen molar-refractivity contribution in [1.82, 2.24) is 0 Å². The van der Waals surface area contributed by atoms with Crippen molar-refractivity contribution in [3.63, 3.8) is 0 Å². The molecule has 1 saturated carbocycles. The second-order valence-corrected chi connectivity index (χ2v) is 6.69. The van der Waals surface area contributed by atoms with Crippen LogP contribution in [0.15, 0.2) is 28.7 Å². The minimum absolute atomic E-state index is 0.201. The van der Waals surface area contributed by atoms with E-state index >= 15 is 0 Å². The van der Waals surface area contributed by atoms with Crippen LogP contribution in [0.5, 0.6) is 5.75 Å². The molecule has 3 nitrogen and oxygen atoms in total. The Morgan fingerprint density at radius 2 is 2.10 bits per heavy atom. The number of hydrogen-bond acceptors (Lipinski definition) is 2. The van der Waals surface area contributed by atoms with E-state index in [1.807, 2.05) is 18.2 Å². The molecule has 3 unspecified atom stereocenters. The van der Waals surface area contributed by atoms with Crippen molar-refractivity contribution in [3.05, 3.63) is 34.3 Å². The van der Waals surface area contributed by atoms with Gasteiger partial charge in [0.25, 0.3) is 0 Å². The number of aliphatic carboxylic acids is 1. The highest BCUT2D eigenvalue weighted by Crippen LogP contribution is 2.36. The Hall–Kier alpha value is -1.29. The fourth-order valence-corrected chi connectivity index (χ4v) is 3.19. The van der Waals surface area contributed by atoms with Gasteiger partial charge in [0.05, 0.1) is 10.6 Å². The first kappa shape index (κ1) is 16.1. The van der Waals surface area contributed by atoms with Gasteiger partial charge in [0, 0.05) is 11.6 Å². The summed E-state index contributed by atoms with van der Waals surface area (Å²) in [5, 5.41) is 8.78. The van der Waals surface area contributed by atoms with Gasteiger partial charge in [-0.2, -0.15) is 0 Å². The molecule has 0 saturated heterocycles. The van der Waals surface area contributed by atoms with E-state index in [-0.39, 0.29) is 6.10 Å². The monoisotopic (exact) mass is 352 g/mol. The molecule has 1 aliphatic carbocycles. The van der Waals surface area contributed by atoms with Crippen LogP contribution in [-0.2, 0) is 4.79 Å². The Kier molecular flexibility index (Phi) is 5.45. The maximum absolute atomic E-state index is 10.7. The molecule has 0 radical (unpaired) electrons. The standard InChI is InChI=1S/C17H21BrO3/c1-11-6-8-14(10-12(11)2)21-17-13(7-9-16(19)20)4-3-5-15(17)18/h3-5,7,9,11-12,14H,6,8,10H2,1-2H3,(H,19,20). The predicted octanol–water partition coefficient (Wildman–Crippen LogP) is 4.75. The second kappa shape index (κ2) is 7.12. The van der Waals surface area contributed by atoms with Crippen molar-refractivity contribution in [2.75, 3.05) is 0 Å². The summed E-state index contributed by atoms with van der Waals surface area (Å²) in [7, 11) is 0. The van der Waals surface area contributed by atoms with Crippen LogP contribution >= 0.6 is 15.9 Å². The maximum Gasteiger partial charge on any atom is 0.328 e. The third kappa shape index (κ3) is 4.34. The zero-order chi connectivity index (χ0) is 15.4. The first-order valence-electron chi connectivity index (χ1n) is 7.33. The van der Waals surface area contributed by atoms with E-state index in [4.69, 9.17) is 9.84 Å². The summed E-state index contributed by atoms with van der Waals surface area (Å²) in [4.78, 5) is 10.7. The number of benzene rings is 1. The molecule has 114 valence electrons. The van der Waals surface area contributed by atoms with Crippen LogP contribution in [0.25, 0.3) is 6.08 Å². The van der Waals surface area contributed by atoms with Gasteiger partial charge in [0.2, 0.25) is 0 Å². The molecule has 0 aliphatic heterocycles. The van der Waals surface area contributed by atoms with Crippen LogP contribution in [0.2, 0.25) is 0 Å². The summed E-state index contributed by atoms with van der Waals surface area (Å²) < 4.78 is 7.04. The second-order valence-electron chi connectivity index (χ2n) is 5.84. The largest absolute Gasteiger partial charge is 0.489 e. The maximum atomic E-state index is 10.7. The minimum Gasteiger partial charge on any atom is -0.489 e. The molecule has 0 spiro atoms. The Labute approximate surface area is 134 Å². The average Bonchev–Trinajstić information content (AvgIpc) is 2.43. The highest BCUT2D eigenvalue weighted by Gasteiger charge is 2.26. The number of ether oxygens (including phenoxy) is 1. The number of carboxylic acids is 1. The average molecular weight is 353 g/mol. The van der Waals surface area contributed by atoms with E-state index in [1.165, 1.54) is 6.42 Å². The molecule has 0 aromatic heterocycles. The summed E-state index contributed by atoms with van der Waals surface area (Å²) in [5.41, 5.74) is 0.790. The fourth-order valence-electron chi connectivity index (χ4n) is 2.71. The number of halogens is 1. The summed E-state index contributed by atoms with van der Waals surface area (Å²) in [6, 6.07) is 5.67. The van der Waals surface area contributed by atoms with E-state index in [2.05, 4.69) is 29.8 Å². The third-order valence-electron chi connectivity index (χ3n) is 4.24. The lowest BCUT2D eigenvalue weighted by atomic mass is 9.80. The summed E-state index contributed by atoms with van der Waals surface area (Å²) in [5.74, 6) is 1.18. The zero-order valence-electron chi connectivity index (χ0n) is 12.4. The van der Waals surface area contributed by atoms with Gasteiger partial charge in [-0.1, -0.05) is 26.0 Å². The van der Waals surface area contributed by atoms with Crippen LogP contribution in [0.1, 0.15) is 38.7 Å². The number of carbonyl (C=O) groups is 1. The van der Waals surface area contributed by atoms with Crippen molar-refractivity contribution in [2.45, 2.75) is 39.2 Å². The van der Waals surface area contributed by atoms with Crippen molar-refractivity contribution < 1.29 is 14.6 Å². The Morgan fingerprint density at radius 1 is 1.33 bits per heavy atom. The number of carboxylic acid groups (broad SMARTS) is 1. The molecule has 1 aromatic carbocycles. The van der Waals surface area contributed by atoms with Gasteiger partial charge in [-0.15, -0.1) is 0 Å². The lowest BCUT2D eigenvalue weighted by molar-refractivity contribution is -0.131. The zero-order valence-corrected chi connectivity index (χ0v) is 14.0. The van der Waals surface area contributed by atoms with Crippen LogP contribution in [0, 0.1) is 11.8 Å². The Balaban J connectivity index is 2.17. The number of rotatable bonds is 4. The molecular weight excluding hydrogens is 332 g/mol. The van der Waals surface area contributed by atoms with E-state index < -0.39 is 5.97 Å². The van der Waals surface area contributed by atoms with Crippen molar-refractivity contribution in [2.24, 2.45) is 11.8 Å². The fraction of sp³-hybridized carbons (Fsp3) is 0.471. The lowest BCUT2D eigenvalue weighted by Gasteiger charge is -2.32. The Morgan fingerprint density at radius 3 is 2.76 bits per heavy atom. The molecule has 3 atom stereocenters. The molecule has 0 bridgehead atoms. The van der Waals surface area contributed by atoms with Gasteiger partial charge in [0.1, 0.15) is 5.75 Å². The van der Waals surface area contributed by atoms with Gasteiger partial charge in [0.15, 0.2) is 0 Å². The molecule has 1 aliphatic rings. The molecule has 1 aromatic rings. The highest BCUT2D eigenvalue weighted by molar-refractivity contribution is 9.10. The summed E-state index contributed by atoms with van der Waals surface area (Å²) in [6.07, 6.45) is 6.19. The molecule has 0 heterocycles. The van der Waals surface area contributed by atoms with Crippen LogP contribution in [0.3, 0.4) is 0 Å². The smallest absolute Gasteiger partial charge is 0.328 e. The van der Waals surface area contributed by atoms with Crippen molar-refractivity contribution in [1.29, 1.82) is 0 Å².